The molecular formula is C12H21NO4. The zero-order valence-electron chi connectivity index (χ0n) is 10.4. The van der Waals surface area contributed by atoms with Crippen LogP contribution in [0.15, 0.2) is 0 Å². The zero-order valence-corrected chi connectivity index (χ0v) is 10.4. The average Bonchev–Trinajstić information content (AvgIpc) is 2.36. The van der Waals surface area contributed by atoms with Crippen LogP contribution in [-0.4, -0.2) is 48.2 Å². The third-order valence-electron chi connectivity index (χ3n) is 2.98. The number of likely N-dealkylation sites (tertiary alicyclic amines) is 1. The molecule has 1 heterocycles. The molecule has 0 radical (unpaired) electrons. The highest BCUT2D eigenvalue weighted by molar-refractivity contribution is 5.81. The fourth-order valence-electron chi connectivity index (χ4n) is 2.04. The molecule has 1 rings (SSSR count). The van der Waals surface area contributed by atoms with E-state index in [1.807, 2.05) is 0 Å². The molecule has 1 saturated heterocycles. The lowest BCUT2D eigenvalue weighted by Crippen LogP contribution is -2.41. The predicted molar refractivity (Wildman–Crippen MR) is 62.3 cm³/mol. The van der Waals surface area contributed by atoms with Crippen molar-refractivity contribution in [1.29, 1.82) is 0 Å². The second kappa shape index (κ2) is 7.27. The van der Waals surface area contributed by atoms with Gasteiger partial charge < -0.3 is 14.7 Å². The largest absolute Gasteiger partial charge is 0.466 e. The molecule has 1 aliphatic heterocycles. The lowest BCUT2D eigenvalue weighted by Gasteiger charge is -2.31. The Balaban J connectivity index is 2.29. The maximum absolute atomic E-state index is 11.8. The van der Waals surface area contributed by atoms with Crippen LogP contribution < -0.4 is 0 Å². The van der Waals surface area contributed by atoms with Crippen LogP contribution in [0.25, 0.3) is 0 Å². The van der Waals surface area contributed by atoms with Crippen molar-refractivity contribution >= 4 is 11.9 Å². The first-order valence-electron chi connectivity index (χ1n) is 6.21. The number of ether oxygens (including phenoxy) is 1. The summed E-state index contributed by atoms with van der Waals surface area (Å²) < 4.78 is 4.77. The SMILES string of the molecule is CCOC(=O)CCC(=O)N1CCCC(CO)C1. The maximum atomic E-state index is 11.8. The van der Waals surface area contributed by atoms with Crippen LogP contribution in [0, 0.1) is 5.92 Å². The number of carbonyl (C=O) groups excluding carboxylic acids is 2. The number of aliphatic hydroxyl groups excluding tert-OH is 1. The van der Waals surface area contributed by atoms with Gasteiger partial charge in [-0.25, -0.2) is 0 Å². The predicted octanol–water partition coefficient (Wildman–Crippen LogP) is 0.561. The summed E-state index contributed by atoms with van der Waals surface area (Å²) in [5, 5.41) is 9.07. The summed E-state index contributed by atoms with van der Waals surface area (Å²) >= 11 is 0. The standard InChI is InChI=1S/C12H21NO4/c1-2-17-12(16)6-5-11(15)13-7-3-4-10(8-13)9-14/h10,14H,2-9H2,1H3. The molecule has 0 aromatic heterocycles. The quantitative estimate of drug-likeness (QED) is 0.716. The molecule has 98 valence electrons. The van der Waals surface area contributed by atoms with Gasteiger partial charge in [-0.15, -0.1) is 0 Å². The molecule has 17 heavy (non-hydrogen) atoms. The molecule has 1 fully saturated rings. The molecule has 1 aliphatic rings. The first kappa shape index (κ1) is 14.0. The van der Waals surface area contributed by atoms with E-state index in [2.05, 4.69) is 0 Å². The number of hydrogen-bond donors (Lipinski definition) is 1. The number of nitrogens with zero attached hydrogens (tertiary/aromatic N) is 1. The Labute approximate surface area is 102 Å². The second-order valence-corrected chi connectivity index (χ2v) is 4.34. The summed E-state index contributed by atoms with van der Waals surface area (Å²) in [6, 6.07) is 0. The molecule has 5 heteroatoms. The van der Waals surface area contributed by atoms with Crippen LogP contribution >= 0.6 is 0 Å². The molecule has 1 N–H and O–H groups in total. The Hall–Kier alpha value is -1.10. The Morgan fingerprint density at radius 2 is 2.18 bits per heavy atom. The van der Waals surface area contributed by atoms with Crippen molar-refractivity contribution in [3.05, 3.63) is 0 Å². The van der Waals surface area contributed by atoms with Crippen molar-refractivity contribution in [2.45, 2.75) is 32.6 Å². The van der Waals surface area contributed by atoms with E-state index in [1.165, 1.54) is 0 Å². The van der Waals surface area contributed by atoms with Gasteiger partial charge in [0.1, 0.15) is 0 Å². The van der Waals surface area contributed by atoms with Gasteiger partial charge in [-0.3, -0.25) is 9.59 Å². The third kappa shape index (κ3) is 4.73. The molecule has 0 aromatic carbocycles. The first-order valence-corrected chi connectivity index (χ1v) is 6.21. The van der Waals surface area contributed by atoms with Crippen LogP contribution in [0.3, 0.4) is 0 Å². The van der Waals surface area contributed by atoms with Gasteiger partial charge in [-0.05, 0) is 25.7 Å². The topological polar surface area (TPSA) is 66.8 Å². The number of carbonyl (C=O) groups is 2. The minimum absolute atomic E-state index is 0.0174. The lowest BCUT2D eigenvalue weighted by molar-refractivity contribution is -0.146. The molecule has 0 spiro atoms. The van der Waals surface area contributed by atoms with E-state index in [1.54, 1.807) is 11.8 Å². The minimum atomic E-state index is -0.323. The van der Waals surface area contributed by atoms with E-state index in [9.17, 15) is 9.59 Å². The second-order valence-electron chi connectivity index (χ2n) is 4.34. The van der Waals surface area contributed by atoms with Crippen molar-refractivity contribution in [2.24, 2.45) is 5.92 Å². The van der Waals surface area contributed by atoms with Crippen LogP contribution in [0.1, 0.15) is 32.6 Å². The molecule has 1 atom stereocenters. The van der Waals surface area contributed by atoms with Gasteiger partial charge >= 0.3 is 5.97 Å². The van der Waals surface area contributed by atoms with Gasteiger partial charge in [0.2, 0.25) is 5.91 Å². The monoisotopic (exact) mass is 243 g/mol. The summed E-state index contributed by atoms with van der Waals surface area (Å²) in [5.74, 6) is -0.150. The van der Waals surface area contributed by atoms with E-state index < -0.39 is 0 Å². The molecule has 0 bridgehead atoms. The van der Waals surface area contributed by atoms with Crippen molar-refractivity contribution in [3.63, 3.8) is 0 Å². The van der Waals surface area contributed by atoms with Crippen LogP contribution in [0.2, 0.25) is 0 Å². The lowest BCUT2D eigenvalue weighted by atomic mass is 9.99. The van der Waals surface area contributed by atoms with Crippen LogP contribution in [0.4, 0.5) is 0 Å². The summed E-state index contributed by atoms with van der Waals surface area (Å²) in [6.45, 7) is 3.57. The van der Waals surface area contributed by atoms with Crippen molar-refractivity contribution in [1.82, 2.24) is 4.90 Å². The minimum Gasteiger partial charge on any atom is -0.466 e. The molecular weight excluding hydrogens is 222 g/mol. The van der Waals surface area contributed by atoms with Crippen LogP contribution in [0.5, 0.6) is 0 Å². The molecule has 5 nitrogen and oxygen atoms in total. The van der Waals surface area contributed by atoms with E-state index >= 15 is 0 Å². The number of amides is 1. The van der Waals surface area contributed by atoms with Gasteiger partial charge in [-0.2, -0.15) is 0 Å². The Bertz CT molecular complexity index is 267. The Morgan fingerprint density at radius 1 is 1.41 bits per heavy atom. The summed E-state index contributed by atoms with van der Waals surface area (Å²) in [4.78, 5) is 24.7. The number of esters is 1. The normalized spacial score (nSPS) is 20.1. The molecule has 1 amide bonds. The number of piperidine rings is 1. The summed E-state index contributed by atoms with van der Waals surface area (Å²) in [6.07, 6.45) is 2.25. The Kier molecular flexibility index (Phi) is 5.97. The zero-order chi connectivity index (χ0) is 12.7. The van der Waals surface area contributed by atoms with Crippen LogP contribution in [-0.2, 0) is 14.3 Å². The number of rotatable bonds is 5. The number of hydrogen-bond acceptors (Lipinski definition) is 4. The maximum Gasteiger partial charge on any atom is 0.306 e. The smallest absolute Gasteiger partial charge is 0.306 e. The molecule has 0 saturated carbocycles. The fourth-order valence-corrected chi connectivity index (χ4v) is 2.04. The van der Waals surface area contributed by atoms with Gasteiger partial charge in [0, 0.05) is 26.1 Å². The van der Waals surface area contributed by atoms with E-state index in [0.29, 0.717) is 13.2 Å². The van der Waals surface area contributed by atoms with Gasteiger partial charge in [-0.1, -0.05) is 0 Å². The van der Waals surface area contributed by atoms with E-state index in [0.717, 1.165) is 19.4 Å². The van der Waals surface area contributed by atoms with Gasteiger partial charge in [0.05, 0.1) is 13.0 Å². The van der Waals surface area contributed by atoms with Crippen molar-refractivity contribution in [2.75, 3.05) is 26.3 Å². The highest BCUT2D eigenvalue weighted by Crippen LogP contribution is 2.16. The van der Waals surface area contributed by atoms with Crippen molar-refractivity contribution < 1.29 is 19.4 Å². The third-order valence-corrected chi connectivity index (χ3v) is 2.98. The molecule has 1 unspecified atom stereocenters. The average molecular weight is 243 g/mol. The molecule has 0 aromatic rings. The first-order chi connectivity index (χ1) is 8.17. The van der Waals surface area contributed by atoms with E-state index in [-0.39, 0.29) is 37.2 Å². The highest BCUT2D eigenvalue weighted by atomic mass is 16.5. The summed E-state index contributed by atoms with van der Waals surface area (Å²) in [7, 11) is 0. The van der Waals surface area contributed by atoms with Gasteiger partial charge in [0.25, 0.3) is 0 Å². The number of aliphatic hydroxyl groups is 1. The van der Waals surface area contributed by atoms with Gasteiger partial charge in [0.15, 0.2) is 0 Å². The summed E-state index contributed by atoms with van der Waals surface area (Å²) in [5.41, 5.74) is 0. The fraction of sp³-hybridized carbons (Fsp3) is 0.833. The highest BCUT2D eigenvalue weighted by Gasteiger charge is 2.23. The molecule has 0 aliphatic carbocycles. The Morgan fingerprint density at radius 3 is 2.82 bits per heavy atom. The van der Waals surface area contributed by atoms with E-state index in [4.69, 9.17) is 9.84 Å². The van der Waals surface area contributed by atoms with Crippen molar-refractivity contribution in [3.8, 4) is 0 Å².